The van der Waals surface area contributed by atoms with E-state index in [9.17, 15) is 5.11 Å². The van der Waals surface area contributed by atoms with Gasteiger partial charge in [-0.2, -0.15) is 0 Å². The maximum absolute atomic E-state index is 9.28. The van der Waals surface area contributed by atoms with E-state index >= 15 is 0 Å². The van der Waals surface area contributed by atoms with Crippen LogP contribution in [-0.4, -0.2) is 11.7 Å². The van der Waals surface area contributed by atoms with Gasteiger partial charge in [0, 0.05) is 0 Å². The number of aliphatic hydroxyl groups excluding tert-OH is 1. The second-order valence-electron chi connectivity index (χ2n) is 5.84. The van der Waals surface area contributed by atoms with Crippen molar-refractivity contribution in [1.29, 1.82) is 0 Å². The number of fused-ring (bicyclic) bond motifs is 1. The highest BCUT2D eigenvalue weighted by Crippen LogP contribution is 2.47. The van der Waals surface area contributed by atoms with Crippen molar-refractivity contribution in [2.45, 2.75) is 39.5 Å². The molecule has 3 atom stereocenters. The van der Waals surface area contributed by atoms with Crippen molar-refractivity contribution < 1.29 is 5.11 Å². The molecule has 1 fully saturated rings. The van der Waals surface area contributed by atoms with Gasteiger partial charge >= 0.3 is 0 Å². The molecule has 0 radical (unpaired) electrons. The van der Waals surface area contributed by atoms with Crippen LogP contribution in [0.3, 0.4) is 0 Å². The van der Waals surface area contributed by atoms with Crippen LogP contribution in [0.2, 0.25) is 0 Å². The standard InChI is InChI=1S/C15H24O/c1-10(2)13-6-4-11(3)14-7-5-12(9-16)8-15(13)14/h5,10,13-16H,3-4,6-9H2,1-2H3/t13-,14+,15+/m0/s1. The van der Waals surface area contributed by atoms with Crippen LogP contribution in [0.25, 0.3) is 0 Å². The Hall–Kier alpha value is -0.560. The summed E-state index contributed by atoms with van der Waals surface area (Å²) in [6.07, 6.45) is 6.98. The highest BCUT2D eigenvalue weighted by atomic mass is 16.3. The van der Waals surface area contributed by atoms with Crippen molar-refractivity contribution in [2.75, 3.05) is 6.61 Å². The molecular formula is C15H24O. The second kappa shape index (κ2) is 4.75. The summed E-state index contributed by atoms with van der Waals surface area (Å²) in [6.45, 7) is 9.18. The van der Waals surface area contributed by atoms with Crippen molar-refractivity contribution >= 4 is 0 Å². The first-order valence-electron chi connectivity index (χ1n) is 6.60. The van der Waals surface area contributed by atoms with Crippen LogP contribution in [0.15, 0.2) is 23.8 Å². The summed E-state index contributed by atoms with van der Waals surface area (Å²) in [6, 6.07) is 0. The van der Waals surface area contributed by atoms with E-state index in [0.29, 0.717) is 5.92 Å². The van der Waals surface area contributed by atoms with Crippen LogP contribution in [0.1, 0.15) is 39.5 Å². The lowest BCUT2D eigenvalue weighted by Crippen LogP contribution is -2.35. The summed E-state index contributed by atoms with van der Waals surface area (Å²) in [5.74, 6) is 3.02. The van der Waals surface area contributed by atoms with E-state index in [1.54, 1.807) is 0 Å². The van der Waals surface area contributed by atoms with Gasteiger partial charge in [0.05, 0.1) is 6.61 Å². The predicted molar refractivity (Wildman–Crippen MR) is 68.1 cm³/mol. The van der Waals surface area contributed by atoms with Gasteiger partial charge in [-0.05, 0) is 54.9 Å². The second-order valence-corrected chi connectivity index (χ2v) is 5.84. The Morgan fingerprint density at radius 1 is 1.50 bits per heavy atom. The van der Waals surface area contributed by atoms with Crippen LogP contribution in [0.5, 0.6) is 0 Å². The molecule has 0 bridgehead atoms. The minimum Gasteiger partial charge on any atom is -0.392 e. The molecule has 0 unspecified atom stereocenters. The van der Waals surface area contributed by atoms with Gasteiger partial charge in [0.15, 0.2) is 0 Å². The molecule has 0 aromatic carbocycles. The van der Waals surface area contributed by atoms with Gasteiger partial charge in [-0.25, -0.2) is 0 Å². The SMILES string of the molecule is C=C1CC[C@@H](C(C)C)[C@H]2CC(CO)=CC[C@H]12. The molecule has 2 aliphatic rings. The quantitative estimate of drug-likeness (QED) is 0.706. The molecule has 0 heterocycles. The highest BCUT2D eigenvalue weighted by molar-refractivity contribution is 5.19. The fraction of sp³-hybridized carbons (Fsp3) is 0.733. The third kappa shape index (κ3) is 2.10. The normalized spacial score (nSPS) is 34.9. The average Bonchev–Trinajstić information content (AvgIpc) is 2.28. The van der Waals surface area contributed by atoms with Crippen molar-refractivity contribution in [2.24, 2.45) is 23.7 Å². The molecule has 0 spiro atoms. The molecule has 0 amide bonds. The van der Waals surface area contributed by atoms with Crippen LogP contribution in [-0.2, 0) is 0 Å². The number of aliphatic hydroxyl groups is 1. The topological polar surface area (TPSA) is 20.2 Å². The number of rotatable bonds is 2. The van der Waals surface area contributed by atoms with Gasteiger partial charge in [0.1, 0.15) is 0 Å². The number of hydrogen-bond donors (Lipinski definition) is 1. The maximum atomic E-state index is 9.28. The zero-order valence-corrected chi connectivity index (χ0v) is 10.6. The van der Waals surface area contributed by atoms with E-state index < -0.39 is 0 Å². The van der Waals surface area contributed by atoms with Gasteiger partial charge in [0.25, 0.3) is 0 Å². The largest absolute Gasteiger partial charge is 0.392 e. The molecule has 0 aliphatic heterocycles. The maximum Gasteiger partial charge on any atom is 0.0641 e. The van der Waals surface area contributed by atoms with E-state index in [0.717, 1.165) is 30.6 Å². The average molecular weight is 220 g/mol. The Morgan fingerprint density at radius 2 is 2.25 bits per heavy atom. The van der Waals surface area contributed by atoms with Gasteiger partial charge in [-0.3, -0.25) is 0 Å². The van der Waals surface area contributed by atoms with Gasteiger partial charge in [-0.15, -0.1) is 0 Å². The Kier molecular flexibility index (Phi) is 3.53. The van der Waals surface area contributed by atoms with Gasteiger partial charge < -0.3 is 5.11 Å². The zero-order valence-electron chi connectivity index (χ0n) is 10.6. The molecule has 1 heteroatoms. The summed E-state index contributed by atoms with van der Waals surface area (Å²) in [5.41, 5.74) is 2.71. The molecule has 2 aliphatic carbocycles. The van der Waals surface area contributed by atoms with E-state index in [-0.39, 0.29) is 6.61 Å². The lowest BCUT2D eigenvalue weighted by Gasteiger charge is -2.44. The molecule has 90 valence electrons. The van der Waals surface area contributed by atoms with Crippen LogP contribution in [0, 0.1) is 23.7 Å². The van der Waals surface area contributed by atoms with Gasteiger partial charge in [-0.1, -0.05) is 32.1 Å². The monoisotopic (exact) mass is 220 g/mol. The minimum atomic E-state index is 0.251. The number of hydrogen-bond acceptors (Lipinski definition) is 1. The molecule has 0 aromatic heterocycles. The summed E-state index contributed by atoms with van der Waals surface area (Å²) < 4.78 is 0. The highest BCUT2D eigenvalue weighted by Gasteiger charge is 2.38. The Labute approximate surface area is 99.3 Å². The molecular weight excluding hydrogens is 196 g/mol. The predicted octanol–water partition coefficient (Wildman–Crippen LogP) is 3.55. The Morgan fingerprint density at radius 3 is 2.88 bits per heavy atom. The van der Waals surface area contributed by atoms with Crippen molar-refractivity contribution in [3.8, 4) is 0 Å². The lowest BCUT2D eigenvalue weighted by atomic mass is 9.61. The Balaban J connectivity index is 2.19. The first-order valence-corrected chi connectivity index (χ1v) is 6.60. The number of allylic oxidation sites excluding steroid dienone is 2. The fourth-order valence-corrected chi connectivity index (χ4v) is 3.62. The Bertz CT molecular complexity index is 301. The molecule has 0 aromatic rings. The summed E-state index contributed by atoms with van der Waals surface area (Å²) in [4.78, 5) is 0. The zero-order chi connectivity index (χ0) is 11.7. The van der Waals surface area contributed by atoms with Crippen LogP contribution in [0.4, 0.5) is 0 Å². The molecule has 1 nitrogen and oxygen atoms in total. The van der Waals surface area contributed by atoms with E-state index in [1.807, 2.05) is 0 Å². The summed E-state index contributed by atoms with van der Waals surface area (Å²) >= 11 is 0. The van der Waals surface area contributed by atoms with Crippen molar-refractivity contribution in [3.05, 3.63) is 23.8 Å². The van der Waals surface area contributed by atoms with Crippen LogP contribution >= 0.6 is 0 Å². The molecule has 2 rings (SSSR count). The van der Waals surface area contributed by atoms with Crippen molar-refractivity contribution in [1.82, 2.24) is 0 Å². The van der Waals surface area contributed by atoms with Gasteiger partial charge in [0.2, 0.25) is 0 Å². The minimum absolute atomic E-state index is 0.251. The fourth-order valence-electron chi connectivity index (χ4n) is 3.62. The molecule has 1 saturated carbocycles. The third-order valence-corrected chi connectivity index (χ3v) is 4.61. The van der Waals surface area contributed by atoms with Crippen molar-refractivity contribution in [3.63, 3.8) is 0 Å². The molecule has 1 N–H and O–H groups in total. The van der Waals surface area contributed by atoms with E-state index in [1.165, 1.54) is 24.0 Å². The van der Waals surface area contributed by atoms with Crippen LogP contribution < -0.4 is 0 Å². The first kappa shape index (κ1) is 11.9. The third-order valence-electron chi connectivity index (χ3n) is 4.61. The smallest absolute Gasteiger partial charge is 0.0641 e. The van der Waals surface area contributed by atoms with E-state index in [2.05, 4.69) is 26.5 Å². The first-order chi connectivity index (χ1) is 7.63. The van der Waals surface area contributed by atoms with E-state index in [4.69, 9.17) is 0 Å². The summed E-state index contributed by atoms with van der Waals surface area (Å²) in [7, 11) is 0. The molecule has 0 saturated heterocycles. The lowest BCUT2D eigenvalue weighted by molar-refractivity contribution is 0.141. The molecule has 16 heavy (non-hydrogen) atoms. The summed E-state index contributed by atoms with van der Waals surface area (Å²) in [5, 5.41) is 9.28.